The second kappa shape index (κ2) is 32.1. The average Bonchev–Trinajstić information content (AvgIpc) is 3.42. The van der Waals surface area contributed by atoms with Gasteiger partial charge in [-0.25, -0.2) is 9.59 Å². The average molecular weight is 1130 g/mol. The van der Waals surface area contributed by atoms with E-state index in [-0.39, 0.29) is 87.6 Å². The fourth-order valence-corrected chi connectivity index (χ4v) is 9.51. The van der Waals surface area contributed by atoms with Crippen LogP contribution in [0.4, 0.5) is 11.4 Å². The number of nitrogens with zero attached hydrogens (tertiary/aromatic N) is 7. The first-order valence-electron chi connectivity index (χ1n) is 25.8. The summed E-state index contributed by atoms with van der Waals surface area (Å²) < 4.78 is 22.6. The zero-order valence-corrected chi connectivity index (χ0v) is 49.8. The molecule has 0 atom stereocenters. The molecule has 4 heterocycles. The molecule has 0 saturated carbocycles. The Bertz CT molecular complexity index is 3140. The number of aromatic nitrogens is 2. The van der Waals surface area contributed by atoms with Crippen LogP contribution in [0.1, 0.15) is 82.7 Å². The molecule has 430 valence electrons. The number of hydrogen-bond acceptors (Lipinski definition) is 14. The number of amides is 2. The minimum absolute atomic E-state index is 0. The van der Waals surface area contributed by atoms with E-state index in [2.05, 4.69) is 4.98 Å². The number of fused-ring (bicyclic) bond motifs is 2. The van der Waals surface area contributed by atoms with E-state index in [1.165, 1.54) is 0 Å². The number of aryl methyl sites for hydroxylation is 2. The third-order valence-corrected chi connectivity index (χ3v) is 13.4. The van der Waals surface area contributed by atoms with E-state index in [1.807, 2.05) is 98.0 Å². The molecule has 80 heavy (non-hydrogen) atoms. The predicted molar refractivity (Wildman–Crippen MR) is 319 cm³/mol. The number of nitrogens with one attached hydrogen (secondary N) is 1. The molecule has 18 nitrogen and oxygen atoms in total. The van der Waals surface area contributed by atoms with Gasteiger partial charge in [-0.3, -0.25) is 19.2 Å². The van der Waals surface area contributed by atoms with Crippen molar-refractivity contribution in [1.29, 1.82) is 0 Å². The SMILES string of the molecule is C.C.CCOC(=O)c1c(N2CCN(C(=O)c3ccc(OC)cc3)CC2)c2cc(C)ccc2[nH]c1=O.CCOC(=O)c1c(N2CCN(C(=O)c3ccc(OC)cc3)CC2)c2cc(C)ccc2n(CCN(C)C)c1=O.CN(C)CCCl.[H-].[Na+]. The van der Waals surface area contributed by atoms with E-state index in [0.29, 0.717) is 105 Å². The van der Waals surface area contributed by atoms with Crippen molar-refractivity contribution in [3.8, 4) is 11.5 Å². The van der Waals surface area contributed by atoms with E-state index in [4.69, 9.17) is 30.5 Å². The van der Waals surface area contributed by atoms with Gasteiger partial charge in [-0.05, 0) is 129 Å². The Morgan fingerprint density at radius 1 is 0.600 bits per heavy atom. The van der Waals surface area contributed by atoms with Crippen LogP contribution in [0.5, 0.6) is 11.5 Å². The van der Waals surface area contributed by atoms with Crippen molar-refractivity contribution in [3.05, 3.63) is 139 Å². The maximum absolute atomic E-state index is 13.8. The minimum Gasteiger partial charge on any atom is -1.00 e. The molecule has 2 aliphatic rings. The zero-order chi connectivity index (χ0) is 55.9. The monoisotopic (exact) mass is 1130 g/mol. The number of aromatic amines is 1. The van der Waals surface area contributed by atoms with Gasteiger partial charge in [0.15, 0.2) is 0 Å². The van der Waals surface area contributed by atoms with E-state index in [0.717, 1.165) is 39.8 Å². The van der Waals surface area contributed by atoms with Crippen molar-refractivity contribution in [3.63, 3.8) is 0 Å². The van der Waals surface area contributed by atoms with Gasteiger partial charge in [0.2, 0.25) is 0 Å². The van der Waals surface area contributed by atoms with Gasteiger partial charge in [0.25, 0.3) is 22.9 Å². The van der Waals surface area contributed by atoms with Crippen LogP contribution in [0.2, 0.25) is 0 Å². The van der Waals surface area contributed by atoms with Crippen LogP contribution in [0.25, 0.3) is 21.8 Å². The number of H-pyrrole nitrogens is 1. The van der Waals surface area contributed by atoms with Crippen molar-refractivity contribution in [1.82, 2.24) is 29.2 Å². The number of carbonyl (C=O) groups is 4. The number of halogens is 1. The van der Waals surface area contributed by atoms with Crippen molar-refractivity contribution in [2.75, 3.05) is 137 Å². The smallest absolute Gasteiger partial charge is 1.00 e. The van der Waals surface area contributed by atoms with Crippen LogP contribution in [0.15, 0.2) is 94.5 Å². The van der Waals surface area contributed by atoms with Crippen LogP contribution in [-0.4, -0.2) is 180 Å². The molecule has 2 amide bonds. The number of alkyl halides is 1. The predicted octanol–water partition coefficient (Wildman–Crippen LogP) is 5.18. The number of carbonyl (C=O) groups excluding carboxylic acids is 4. The molecule has 0 aliphatic carbocycles. The van der Waals surface area contributed by atoms with Gasteiger partial charge in [-0.1, -0.05) is 38.1 Å². The summed E-state index contributed by atoms with van der Waals surface area (Å²) in [4.78, 5) is 93.2. The van der Waals surface area contributed by atoms with Crippen LogP contribution in [0.3, 0.4) is 0 Å². The second-order valence-corrected chi connectivity index (χ2v) is 19.6. The Morgan fingerprint density at radius 3 is 1.44 bits per heavy atom. The molecule has 6 aromatic rings. The minimum atomic E-state index is -0.645. The standard InChI is InChI=1S/C29H36N4O5.C25H27N3O5.C4H10ClN.2CH4.Na.H/c1-6-38-29(36)25-26(23-19-20(2)7-12-24(23)33(28(25)35)18-13-30(3)4)31-14-16-32(17-15-31)27(34)21-8-10-22(37-5)11-9-21;1-4-33-25(31)21-22(19-15-16(2)5-10-20(19)26-23(21)29)27-11-13-28(14-12-27)24(30)17-6-8-18(32-3)9-7-17;1-6(2)4-3-5;;;;/h7-12,19H,6,13-18H2,1-5H3;5-10,15H,4,11-14H2,1-3H3,(H,26,29);3-4H2,1-2H3;2*1H4;;/q;;;;;+1;-1. The summed E-state index contributed by atoms with van der Waals surface area (Å²) in [7, 11) is 11.1. The topological polar surface area (TPSA) is 180 Å². The number of esters is 2. The fraction of sp³-hybridized carbons (Fsp3) is 0.433. The van der Waals surface area contributed by atoms with Gasteiger partial charge < -0.3 is 59.3 Å². The third kappa shape index (κ3) is 16.8. The van der Waals surface area contributed by atoms with E-state index >= 15 is 0 Å². The summed E-state index contributed by atoms with van der Waals surface area (Å²) in [6.45, 7) is 13.6. The Hall–Kier alpha value is -6.41. The molecular formula is C60H82ClN8NaO10. The summed E-state index contributed by atoms with van der Waals surface area (Å²) in [6.07, 6.45) is 0. The van der Waals surface area contributed by atoms with Crippen LogP contribution >= 0.6 is 11.6 Å². The largest absolute Gasteiger partial charge is 1.00 e. The quantitative estimate of drug-likeness (QED) is 0.0808. The van der Waals surface area contributed by atoms with E-state index in [9.17, 15) is 28.8 Å². The van der Waals surface area contributed by atoms with Gasteiger partial charge in [-0.15, -0.1) is 11.6 Å². The molecule has 1 N–H and O–H groups in total. The van der Waals surface area contributed by atoms with Gasteiger partial charge >= 0.3 is 41.5 Å². The molecule has 2 fully saturated rings. The number of rotatable bonds is 15. The summed E-state index contributed by atoms with van der Waals surface area (Å²) in [5.41, 5.74) is 5.04. The molecule has 2 saturated heterocycles. The Morgan fingerprint density at radius 2 is 1.02 bits per heavy atom. The zero-order valence-electron chi connectivity index (χ0n) is 48.1. The molecule has 0 unspecified atom stereocenters. The maximum atomic E-state index is 13.8. The van der Waals surface area contributed by atoms with Crippen LogP contribution in [-0.2, 0) is 16.0 Å². The molecule has 0 bridgehead atoms. The van der Waals surface area contributed by atoms with Crippen molar-refractivity contribution < 1.29 is 69.1 Å². The fourth-order valence-electron chi connectivity index (χ4n) is 9.17. The molecule has 2 aromatic heterocycles. The molecule has 2 aliphatic heterocycles. The number of methoxy groups -OCH3 is 2. The first-order valence-corrected chi connectivity index (χ1v) is 26.4. The van der Waals surface area contributed by atoms with Crippen molar-refractivity contribution >= 4 is 68.5 Å². The van der Waals surface area contributed by atoms with Gasteiger partial charge in [-0.2, -0.15) is 0 Å². The van der Waals surface area contributed by atoms with Gasteiger partial charge in [0.1, 0.15) is 22.6 Å². The van der Waals surface area contributed by atoms with Crippen LogP contribution in [0, 0.1) is 13.8 Å². The number of pyridine rings is 2. The van der Waals surface area contributed by atoms with Crippen molar-refractivity contribution in [2.45, 2.75) is 49.1 Å². The first-order chi connectivity index (χ1) is 36.9. The molecule has 0 radical (unpaired) electrons. The third-order valence-electron chi connectivity index (χ3n) is 13.2. The molecule has 0 spiro atoms. The maximum Gasteiger partial charge on any atom is 1.00 e. The number of piperazine rings is 2. The van der Waals surface area contributed by atoms with Crippen molar-refractivity contribution in [2.24, 2.45) is 0 Å². The van der Waals surface area contributed by atoms with E-state index < -0.39 is 17.5 Å². The number of anilines is 2. The first kappa shape index (κ1) is 67.9. The number of ether oxygens (including phenoxy) is 4. The summed E-state index contributed by atoms with van der Waals surface area (Å²) in [5.74, 6) is 0.736. The second-order valence-electron chi connectivity index (χ2n) is 19.2. The summed E-state index contributed by atoms with van der Waals surface area (Å²) in [6, 6.07) is 25.8. The summed E-state index contributed by atoms with van der Waals surface area (Å²) in [5, 5.41) is 1.62. The van der Waals surface area contributed by atoms with Gasteiger partial charge in [0.05, 0.1) is 49.8 Å². The molecule has 8 rings (SSSR count). The van der Waals surface area contributed by atoms with Crippen LogP contribution < -0.4 is 59.9 Å². The number of benzene rings is 4. The summed E-state index contributed by atoms with van der Waals surface area (Å²) >= 11 is 5.35. The molecule has 20 heteroatoms. The number of hydrogen-bond donors (Lipinski definition) is 1. The van der Waals surface area contributed by atoms with E-state index in [1.54, 1.807) is 91.0 Å². The number of likely N-dealkylation sites (N-methyl/N-ethyl adjacent to an activating group) is 1. The normalized spacial score (nSPS) is 13.0. The molecular weight excluding hydrogens is 1050 g/mol. The van der Waals surface area contributed by atoms with Gasteiger partial charge in [0, 0.05) is 99.8 Å². The Kier molecular flexibility index (Phi) is 27.3. The Balaban J connectivity index is 0.000000484. The molecule has 4 aromatic carbocycles. The Labute approximate surface area is 500 Å².